The second-order valence-electron chi connectivity index (χ2n) is 5.17. The third-order valence-electron chi connectivity index (χ3n) is 3.62. The van der Waals surface area contributed by atoms with Gasteiger partial charge in [-0.05, 0) is 12.5 Å². The highest BCUT2D eigenvalue weighted by atomic mass is 35.5. The lowest BCUT2D eigenvalue weighted by molar-refractivity contribution is -0.384. The number of nitro benzene ring substituents is 1. The highest BCUT2D eigenvalue weighted by Crippen LogP contribution is 2.22. The van der Waals surface area contributed by atoms with Crippen molar-refractivity contribution in [2.24, 2.45) is 0 Å². The number of likely N-dealkylation sites (tertiary alicyclic amines) is 1. The molecule has 0 spiro atoms. The molecule has 1 saturated heterocycles. The van der Waals surface area contributed by atoms with Gasteiger partial charge in [-0.2, -0.15) is 0 Å². The number of carbonyl (C=O) groups is 1. The van der Waals surface area contributed by atoms with Crippen LogP contribution in [0.1, 0.15) is 16.8 Å². The molecule has 120 valence electrons. The number of rotatable bonds is 6. The number of carbonyl (C=O) groups excluding carboxylic acids is 1. The summed E-state index contributed by atoms with van der Waals surface area (Å²) in [7, 11) is 1.65. The summed E-state index contributed by atoms with van der Waals surface area (Å²) in [4.78, 5) is 24.7. The molecule has 0 aliphatic carbocycles. The van der Waals surface area contributed by atoms with Crippen LogP contribution in [0, 0.1) is 10.1 Å². The van der Waals surface area contributed by atoms with E-state index >= 15 is 0 Å². The van der Waals surface area contributed by atoms with Gasteiger partial charge in [-0.1, -0.05) is 11.6 Å². The van der Waals surface area contributed by atoms with Crippen molar-refractivity contribution >= 4 is 23.2 Å². The van der Waals surface area contributed by atoms with Crippen molar-refractivity contribution in [3.05, 3.63) is 38.9 Å². The second kappa shape index (κ2) is 7.53. The van der Waals surface area contributed by atoms with Gasteiger partial charge in [-0.25, -0.2) is 0 Å². The lowest BCUT2D eigenvalue weighted by atomic mass is 10.1. The molecule has 0 radical (unpaired) electrons. The van der Waals surface area contributed by atoms with Gasteiger partial charge >= 0.3 is 0 Å². The predicted octanol–water partition coefficient (Wildman–Crippen LogP) is 1.70. The first kappa shape index (κ1) is 16.7. The molecule has 1 aliphatic rings. The average molecular weight is 328 g/mol. The highest BCUT2D eigenvalue weighted by Gasteiger charge is 2.25. The molecule has 8 heteroatoms. The molecular weight excluding hydrogens is 310 g/mol. The SMILES string of the molecule is COCCN1CC[C@@H](NC(=O)c2cc([N+](=O)[O-])ccc2Cl)C1. The number of hydrogen-bond acceptors (Lipinski definition) is 5. The Hall–Kier alpha value is -1.70. The second-order valence-corrected chi connectivity index (χ2v) is 5.58. The van der Waals surface area contributed by atoms with Gasteiger partial charge in [0, 0.05) is 44.9 Å². The van der Waals surface area contributed by atoms with E-state index in [0.717, 1.165) is 26.1 Å². The molecule has 7 nitrogen and oxygen atoms in total. The van der Waals surface area contributed by atoms with Gasteiger partial charge in [0.05, 0.1) is 22.1 Å². The van der Waals surface area contributed by atoms with Crippen molar-refractivity contribution in [3.63, 3.8) is 0 Å². The summed E-state index contributed by atoms with van der Waals surface area (Å²) in [6.45, 7) is 3.09. The predicted molar refractivity (Wildman–Crippen MR) is 82.3 cm³/mol. The fourth-order valence-corrected chi connectivity index (χ4v) is 2.64. The summed E-state index contributed by atoms with van der Waals surface area (Å²) >= 11 is 5.97. The van der Waals surface area contributed by atoms with E-state index in [2.05, 4.69) is 10.2 Å². The standard InChI is InChI=1S/C14H18ClN3O4/c1-22-7-6-17-5-4-10(9-17)16-14(19)12-8-11(18(20)21)2-3-13(12)15/h2-3,8,10H,4-7,9H2,1H3,(H,16,19)/t10-/m1/s1. The van der Waals surface area contributed by atoms with Gasteiger partial charge < -0.3 is 10.1 Å². The maximum Gasteiger partial charge on any atom is 0.270 e. The number of nitrogens with zero attached hydrogens (tertiary/aromatic N) is 2. The Morgan fingerprint density at radius 1 is 1.59 bits per heavy atom. The normalized spacial score (nSPS) is 18.4. The number of non-ortho nitro benzene ring substituents is 1. The zero-order chi connectivity index (χ0) is 16.1. The molecule has 1 heterocycles. The molecule has 1 N–H and O–H groups in total. The molecule has 0 unspecified atom stereocenters. The number of nitrogens with one attached hydrogen (secondary N) is 1. The van der Waals surface area contributed by atoms with Crippen LogP contribution in [0.15, 0.2) is 18.2 Å². The van der Waals surface area contributed by atoms with Crippen LogP contribution in [0.5, 0.6) is 0 Å². The topological polar surface area (TPSA) is 84.7 Å². The van der Waals surface area contributed by atoms with E-state index in [0.29, 0.717) is 6.61 Å². The van der Waals surface area contributed by atoms with E-state index in [1.807, 2.05) is 0 Å². The smallest absolute Gasteiger partial charge is 0.270 e. The Morgan fingerprint density at radius 3 is 3.05 bits per heavy atom. The largest absolute Gasteiger partial charge is 0.383 e. The fourth-order valence-electron chi connectivity index (χ4n) is 2.44. The number of ether oxygens (including phenoxy) is 1. The van der Waals surface area contributed by atoms with Crippen LogP contribution in [0.2, 0.25) is 5.02 Å². The molecule has 1 aromatic rings. The van der Waals surface area contributed by atoms with Crippen LogP contribution in [-0.4, -0.2) is 55.1 Å². The lowest BCUT2D eigenvalue weighted by Crippen LogP contribution is -2.37. The molecule has 1 aliphatic heterocycles. The van der Waals surface area contributed by atoms with Gasteiger partial charge in [0.2, 0.25) is 0 Å². The number of halogens is 1. The van der Waals surface area contributed by atoms with E-state index in [4.69, 9.17) is 16.3 Å². The Kier molecular flexibility index (Phi) is 5.70. The van der Waals surface area contributed by atoms with Crippen molar-refractivity contribution < 1.29 is 14.5 Å². The first-order valence-corrected chi connectivity index (χ1v) is 7.35. The van der Waals surface area contributed by atoms with Gasteiger partial charge in [-0.15, -0.1) is 0 Å². The monoisotopic (exact) mass is 327 g/mol. The molecule has 22 heavy (non-hydrogen) atoms. The summed E-state index contributed by atoms with van der Waals surface area (Å²) < 4.78 is 5.03. The minimum absolute atomic E-state index is 0.0136. The number of nitro groups is 1. The summed E-state index contributed by atoms with van der Waals surface area (Å²) in [5, 5.41) is 13.9. The zero-order valence-electron chi connectivity index (χ0n) is 12.3. The van der Waals surface area contributed by atoms with Crippen LogP contribution in [0.25, 0.3) is 0 Å². The Morgan fingerprint density at radius 2 is 2.36 bits per heavy atom. The maximum atomic E-state index is 12.3. The first-order valence-electron chi connectivity index (χ1n) is 6.97. The summed E-state index contributed by atoms with van der Waals surface area (Å²) in [5.74, 6) is -0.382. The fraction of sp³-hybridized carbons (Fsp3) is 0.500. The van der Waals surface area contributed by atoms with Gasteiger partial charge in [0.15, 0.2) is 0 Å². The number of amides is 1. The van der Waals surface area contributed by atoms with E-state index in [1.54, 1.807) is 7.11 Å². The Bertz CT molecular complexity index is 567. The first-order chi connectivity index (χ1) is 10.5. The number of methoxy groups -OCH3 is 1. The van der Waals surface area contributed by atoms with Crippen molar-refractivity contribution in [3.8, 4) is 0 Å². The zero-order valence-corrected chi connectivity index (χ0v) is 13.0. The summed E-state index contributed by atoms with van der Waals surface area (Å²) in [6.07, 6.45) is 0.835. The minimum atomic E-state index is -0.546. The molecule has 1 aromatic carbocycles. The Balaban J connectivity index is 1.98. The van der Waals surface area contributed by atoms with E-state index in [1.165, 1.54) is 18.2 Å². The summed E-state index contributed by atoms with van der Waals surface area (Å²) in [5.41, 5.74) is -0.0195. The Labute approximate surface area is 133 Å². The van der Waals surface area contributed by atoms with E-state index < -0.39 is 4.92 Å². The van der Waals surface area contributed by atoms with Crippen LogP contribution in [-0.2, 0) is 4.74 Å². The van der Waals surface area contributed by atoms with Crippen molar-refractivity contribution in [2.45, 2.75) is 12.5 Å². The van der Waals surface area contributed by atoms with Gasteiger partial charge in [0.1, 0.15) is 0 Å². The van der Waals surface area contributed by atoms with E-state index in [-0.39, 0.29) is 28.2 Å². The molecule has 2 rings (SSSR count). The highest BCUT2D eigenvalue weighted by molar-refractivity contribution is 6.33. The molecule has 1 amide bonds. The molecule has 1 atom stereocenters. The van der Waals surface area contributed by atoms with Crippen LogP contribution < -0.4 is 5.32 Å². The van der Waals surface area contributed by atoms with Gasteiger partial charge in [0.25, 0.3) is 11.6 Å². The molecule has 0 saturated carbocycles. The molecule has 0 bridgehead atoms. The molecular formula is C14H18ClN3O4. The summed E-state index contributed by atoms with van der Waals surface area (Å²) in [6, 6.07) is 3.87. The third-order valence-corrected chi connectivity index (χ3v) is 3.95. The lowest BCUT2D eigenvalue weighted by Gasteiger charge is -2.16. The number of hydrogen-bond donors (Lipinski definition) is 1. The van der Waals surface area contributed by atoms with E-state index in [9.17, 15) is 14.9 Å². The van der Waals surface area contributed by atoms with Crippen molar-refractivity contribution in [2.75, 3.05) is 33.4 Å². The van der Waals surface area contributed by atoms with Crippen LogP contribution in [0.3, 0.4) is 0 Å². The van der Waals surface area contributed by atoms with Crippen LogP contribution in [0.4, 0.5) is 5.69 Å². The third kappa shape index (κ3) is 4.16. The number of benzene rings is 1. The quantitative estimate of drug-likeness (QED) is 0.635. The van der Waals surface area contributed by atoms with Gasteiger partial charge in [-0.3, -0.25) is 19.8 Å². The molecule has 1 fully saturated rings. The average Bonchev–Trinajstić information content (AvgIpc) is 2.92. The maximum absolute atomic E-state index is 12.3. The van der Waals surface area contributed by atoms with Crippen molar-refractivity contribution in [1.82, 2.24) is 10.2 Å². The van der Waals surface area contributed by atoms with Crippen molar-refractivity contribution in [1.29, 1.82) is 0 Å². The molecule has 0 aromatic heterocycles. The van der Waals surface area contributed by atoms with Crippen LogP contribution >= 0.6 is 11.6 Å². The minimum Gasteiger partial charge on any atom is -0.383 e.